The second-order valence-electron chi connectivity index (χ2n) is 4.85. The summed E-state index contributed by atoms with van der Waals surface area (Å²) in [5.41, 5.74) is -0.919. The van der Waals surface area contributed by atoms with E-state index in [0.717, 1.165) is 16.7 Å². The first-order valence-electron chi connectivity index (χ1n) is 6.97. The van der Waals surface area contributed by atoms with E-state index in [2.05, 4.69) is 20.6 Å². The van der Waals surface area contributed by atoms with Gasteiger partial charge >= 0.3 is 6.18 Å². The fourth-order valence-corrected chi connectivity index (χ4v) is 2.16. The molecule has 0 aliphatic carbocycles. The van der Waals surface area contributed by atoms with Crippen LogP contribution in [0.4, 0.5) is 13.2 Å². The van der Waals surface area contributed by atoms with Crippen LogP contribution in [-0.4, -0.2) is 62.7 Å². The Morgan fingerprint density at radius 1 is 1.42 bits per heavy atom. The van der Waals surface area contributed by atoms with Crippen molar-refractivity contribution in [3.63, 3.8) is 0 Å². The van der Waals surface area contributed by atoms with Gasteiger partial charge < -0.3 is 20.3 Å². The van der Waals surface area contributed by atoms with Crippen molar-refractivity contribution in [3.8, 4) is 0 Å². The lowest BCUT2D eigenvalue weighted by Gasteiger charge is -2.12. The van der Waals surface area contributed by atoms with Crippen LogP contribution in [0.1, 0.15) is 10.7 Å². The number of alkyl halides is 3. The molecule has 0 bridgehead atoms. The minimum atomic E-state index is -4.46. The van der Waals surface area contributed by atoms with Crippen molar-refractivity contribution in [1.82, 2.24) is 20.5 Å². The van der Waals surface area contributed by atoms with E-state index >= 15 is 0 Å². The van der Waals surface area contributed by atoms with Crippen LogP contribution in [0.2, 0.25) is 0 Å². The number of nitrogens with one attached hydrogen (secondary N) is 2. The Morgan fingerprint density at radius 2 is 2.12 bits per heavy atom. The number of rotatable bonds is 7. The highest BCUT2D eigenvalue weighted by Crippen LogP contribution is 2.29. The second-order valence-corrected chi connectivity index (χ2v) is 5.79. The predicted octanol–water partition coefficient (Wildman–Crippen LogP) is 0.932. The molecule has 0 radical (unpaired) electrons. The van der Waals surface area contributed by atoms with Crippen LogP contribution in [0.25, 0.3) is 0 Å². The summed E-state index contributed by atoms with van der Waals surface area (Å²) in [4.78, 5) is 20.6. The summed E-state index contributed by atoms with van der Waals surface area (Å²) in [6.45, 7) is 0.832. The number of amides is 1. The lowest BCUT2D eigenvalue weighted by Crippen LogP contribution is -2.39. The number of ether oxygens (including phenoxy) is 1. The lowest BCUT2D eigenvalue weighted by atomic mass is 10.5. The summed E-state index contributed by atoms with van der Waals surface area (Å²) >= 11 is 0.900. The first-order valence-corrected chi connectivity index (χ1v) is 7.85. The van der Waals surface area contributed by atoms with E-state index in [1.54, 1.807) is 14.1 Å². The minimum Gasteiger partial charge on any atom is -0.383 e. The first-order chi connectivity index (χ1) is 11.2. The molecule has 0 aliphatic rings. The van der Waals surface area contributed by atoms with E-state index in [1.807, 2.05) is 0 Å². The van der Waals surface area contributed by atoms with Gasteiger partial charge in [0.05, 0.1) is 13.2 Å². The molecule has 1 aromatic rings. The number of carbonyl (C=O) groups is 1. The van der Waals surface area contributed by atoms with Crippen molar-refractivity contribution in [1.29, 1.82) is 0 Å². The normalized spacial score (nSPS) is 12.2. The van der Waals surface area contributed by atoms with Crippen LogP contribution in [0, 0.1) is 0 Å². The second kappa shape index (κ2) is 9.42. The SMILES string of the molecule is COCCNC(=NCC(=O)N(C)C)NCc1nc(C(F)(F)F)cs1. The van der Waals surface area contributed by atoms with Crippen LogP contribution < -0.4 is 10.6 Å². The predicted molar refractivity (Wildman–Crippen MR) is 84.8 cm³/mol. The molecule has 0 saturated heterocycles. The topological polar surface area (TPSA) is 78.8 Å². The molecule has 0 aliphatic heterocycles. The Bertz CT molecular complexity index is 560. The monoisotopic (exact) mass is 367 g/mol. The third kappa shape index (κ3) is 7.13. The number of methoxy groups -OCH3 is 1. The number of nitrogens with zero attached hydrogens (tertiary/aromatic N) is 3. The number of aliphatic imine (C=N–C) groups is 1. The number of hydrogen-bond acceptors (Lipinski definition) is 5. The Morgan fingerprint density at radius 3 is 2.67 bits per heavy atom. The molecule has 24 heavy (non-hydrogen) atoms. The summed E-state index contributed by atoms with van der Waals surface area (Å²) < 4.78 is 42.5. The van der Waals surface area contributed by atoms with Crippen molar-refractivity contribution in [2.24, 2.45) is 4.99 Å². The van der Waals surface area contributed by atoms with Gasteiger partial charge in [0.15, 0.2) is 11.7 Å². The van der Waals surface area contributed by atoms with Gasteiger partial charge in [0.2, 0.25) is 5.91 Å². The van der Waals surface area contributed by atoms with Crippen LogP contribution >= 0.6 is 11.3 Å². The maximum Gasteiger partial charge on any atom is 0.434 e. The summed E-state index contributed by atoms with van der Waals surface area (Å²) in [5, 5.41) is 6.99. The van der Waals surface area contributed by atoms with Gasteiger partial charge in [-0.3, -0.25) is 4.79 Å². The zero-order valence-electron chi connectivity index (χ0n) is 13.6. The van der Waals surface area contributed by atoms with Gasteiger partial charge in [0.25, 0.3) is 0 Å². The molecule has 1 aromatic heterocycles. The minimum absolute atomic E-state index is 0.0652. The van der Waals surface area contributed by atoms with E-state index in [4.69, 9.17) is 4.74 Å². The maximum absolute atomic E-state index is 12.5. The fraction of sp³-hybridized carbons (Fsp3) is 0.615. The van der Waals surface area contributed by atoms with Gasteiger partial charge in [-0.15, -0.1) is 11.3 Å². The Labute approximate surface area is 141 Å². The molecule has 0 atom stereocenters. The average molecular weight is 367 g/mol. The number of carbonyl (C=O) groups excluding carboxylic acids is 1. The molecule has 2 N–H and O–H groups in total. The van der Waals surface area contributed by atoms with E-state index in [1.165, 1.54) is 12.0 Å². The van der Waals surface area contributed by atoms with Gasteiger partial charge in [0.1, 0.15) is 11.6 Å². The molecule has 136 valence electrons. The van der Waals surface area contributed by atoms with Crippen molar-refractivity contribution < 1.29 is 22.7 Å². The third-order valence-electron chi connectivity index (χ3n) is 2.72. The Balaban J connectivity index is 2.65. The molecule has 1 rings (SSSR count). The zero-order chi connectivity index (χ0) is 18.2. The molecule has 1 heterocycles. The average Bonchev–Trinajstić information content (AvgIpc) is 2.98. The van der Waals surface area contributed by atoms with Crippen molar-refractivity contribution in [2.45, 2.75) is 12.7 Å². The summed E-state index contributed by atoms with van der Waals surface area (Å²) in [7, 11) is 4.75. The number of halogens is 3. The van der Waals surface area contributed by atoms with E-state index < -0.39 is 11.9 Å². The van der Waals surface area contributed by atoms with Crippen LogP contribution in [0.3, 0.4) is 0 Å². The van der Waals surface area contributed by atoms with Crippen LogP contribution in [0.5, 0.6) is 0 Å². The first kappa shape index (κ1) is 20.2. The molecule has 0 unspecified atom stereocenters. The highest BCUT2D eigenvalue weighted by Gasteiger charge is 2.33. The van der Waals surface area contributed by atoms with Gasteiger partial charge in [-0.1, -0.05) is 0 Å². The number of aromatic nitrogens is 1. The van der Waals surface area contributed by atoms with E-state index in [0.29, 0.717) is 19.1 Å². The van der Waals surface area contributed by atoms with Gasteiger partial charge in [-0.25, -0.2) is 9.98 Å². The molecule has 7 nitrogen and oxygen atoms in total. The highest BCUT2D eigenvalue weighted by molar-refractivity contribution is 7.09. The zero-order valence-corrected chi connectivity index (χ0v) is 14.4. The van der Waals surface area contributed by atoms with Crippen molar-refractivity contribution >= 4 is 23.2 Å². The molecule has 0 saturated carbocycles. The third-order valence-corrected chi connectivity index (χ3v) is 3.57. The lowest BCUT2D eigenvalue weighted by molar-refractivity contribution is -0.140. The number of thiazole rings is 1. The van der Waals surface area contributed by atoms with Crippen LogP contribution in [-0.2, 0) is 22.3 Å². The molecule has 0 spiro atoms. The summed E-state index contributed by atoms with van der Waals surface area (Å²) in [6.07, 6.45) is -4.46. The van der Waals surface area contributed by atoms with Crippen LogP contribution in [0.15, 0.2) is 10.4 Å². The number of likely N-dealkylation sites (N-methyl/N-ethyl adjacent to an activating group) is 1. The Kier molecular flexibility index (Phi) is 7.92. The molecular formula is C13H20F3N5O2S. The Hall–Kier alpha value is -1.88. The number of hydrogen-bond donors (Lipinski definition) is 2. The fourth-order valence-electron chi connectivity index (χ4n) is 1.42. The quantitative estimate of drug-likeness (QED) is 0.426. The highest BCUT2D eigenvalue weighted by atomic mass is 32.1. The largest absolute Gasteiger partial charge is 0.434 e. The molecule has 0 fully saturated rings. The molecule has 1 amide bonds. The summed E-state index contributed by atoms with van der Waals surface area (Å²) in [6, 6.07) is 0. The summed E-state index contributed by atoms with van der Waals surface area (Å²) in [5.74, 6) is 0.0995. The van der Waals surface area contributed by atoms with Crippen molar-refractivity contribution in [3.05, 3.63) is 16.1 Å². The van der Waals surface area contributed by atoms with Gasteiger partial charge in [0, 0.05) is 33.1 Å². The molecule has 11 heteroatoms. The van der Waals surface area contributed by atoms with Crippen molar-refractivity contribution in [2.75, 3.05) is 40.9 Å². The molecule has 0 aromatic carbocycles. The number of guanidine groups is 1. The molecular weight excluding hydrogens is 347 g/mol. The van der Waals surface area contributed by atoms with E-state index in [9.17, 15) is 18.0 Å². The smallest absolute Gasteiger partial charge is 0.383 e. The van der Waals surface area contributed by atoms with Gasteiger partial charge in [-0.2, -0.15) is 13.2 Å². The standard InChI is InChI=1S/C13H20F3N5O2S/c1-21(2)11(22)7-19-12(17-4-5-23-3)18-6-10-20-9(8-24-10)13(14,15)16/h8H,4-7H2,1-3H3,(H2,17,18,19). The van der Waals surface area contributed by atoms with Gasteiger partial charge in [-0.05, 0) is 0 Å². The maximum atomic E-state index is 12.5. The van der Waals surface area contributed by atoms with E-state index in [-0.39, 0.29) is 24.0 Å².